The van der Waals surface area contributed by atoms with Crippen LogP contribution in [0.4, 0.5) is 0 Å². The summed E-state index contributed by atoms with van der Waals surface area (Å²) in [5, 5.41) is 3.28. The summed E-state index contributed by atoms with van der Waals surface area (Å²) in [7, 11) is 1.42. The van der Waals surface area contributed by atoms with Crippen LogP contribution < -0.4 is 0 Å². The van der Waals surface area contributed by atoms with Crippen molar-refractivity contribution in [3.8, 4) is 0 Å². The molecule has 0 radical (unpaired) electrons. The molecule has 0 atom stereocenters. The predicted molar refractivity (Wildman–Crippen MR) is 59.0 cm³/mol. The van der Waals surface area contributed by atoms with Gasteiger partial charge in [0.25, 0.3) is 0 Å². The maximum Gasteiger partial charge on any atom is 0.305 e. The SMILES string of the molecule is COC(=O)CCc1csc(C2(C)CC2)n1. The molecule has 0 N–H and O–H groups in total. The summed E-state index contributed by atoms with van der Waals surface area (Å²) in [4.78, 5) is 15.5. The van der Waals surface area contributed by atoms with Gasteiger partial charge in [-0.15, -0.1) is 11.3 Å². The predicted octanol–water partition coefficient (Wildman–Crippen LogP) is 2.30. The minimum Gasteiger partial charge on any atom is -0.469 e. The molecular formula is C11H15NO2S. The van der Waals surface area contributed by atoms with Crippen LogP contribution in [-0.2, 0) is 21.4 Å². The van der Waals surface area contributed by atoms with Gasteiger partial charge in [-0.05, 0) is 12.8 Å². The Morgan fingerprint density at radius 3 is 3.00 bits per heavy atom. The molecular weight excluding hydrogens is 210 g/mol. The summed E-state index contributed by atoms with van der Waals surface area (Å²) >= 11 is 1.72. The van der Waals surface area contributed by atoms with Crippen molar-refractivity contribution in [1.82, 2.24) is 4.98 Å². The second-order valence-electron chi connectivity index (χ2n) is 4.28. The van der Waals surface area contributed by atoms with Gasteiger partial charge >= 0.3 is 5.97 Å². The van der Waals surface area contributed by atoms with Crippen molar-refractivity contribution in [1.29, 1.82) is 0 Å². The Morgan fingerprint density at radius 1 is 1.67 bits per heavy atom. The Kier molecular flexibility index (Phi) is 2.78. The Balaban J connectivity index is 1.93. The molecule has 0 amide bonds. The standard InChI is InChI=1S/C11H15NO2S/c1-11(5-6-11)10-12-8(7-15-10)3-4-9(13)14-2/h7H,3-6H2,1-2H3. The molecule has 0 saturated heterocycles. The van der Waals surface area contributed by atoms with Crippen LogP contribution in [0.15, 0.2) is 5.38 Å². The van der Waals surface area contributed by atoms with Crippen LogP contribution in [0.3, 0.4) is 0 Å². The van der Waals surface area contributed by atoms with Gasteiger partial charge in [-0.25, -0.2) is 4.98 Å². The van der Waals surface area contributed by atoms with Crippen LogP contribution in [0, 0.1) is 0 Å². The molecule has 1 aromatic rings. The van der Waals surface area contributed by atoms with Gasteiger partial charge in [0.05, 0.1) is 24.2 Å². The van der Waals surface area contributed by atoms with Crippen LogP contribution in [-0.4, -0.2) is 18.1 Å². The molecule has 1 aliphatic carbocycles. The second kappa shape index (κ2) is 3.93. The van der Waals surface area contributed by atoms with E-state index in [-0.39, 0.29) is 5.97 Å². The molecule has 82 valence electrons. The van der Waals surface area contributed by atoms with Crippen molar-refractivity contribution in [3.63, 3.8) is 0 Å². The summed E-state index contributed by atoms with van der Waals surface area (Å²) in [6, 6.07) is 0. The molecule has 1 heterocycles. The molecule has 0 unspecified atom stereocenters. The summed E-state index contributed by atoms with van der Waals surface area (Å²) < 4.78 is 4.60. The van der Waals surface area contributed by atoms with Crippen molar-refractivity contribution in [2.75, 3.05) is 7.11 Å². The molecule has 1 aromatic heterocycles. The van der Waals surface area contributed by atoms with Gasteiger partial charge in [0.15, 0.2) is 0 Å². The van der Waals surface area contributed by atoms with E-state index in [0.29, 0.717) is 18.3 Å². The minimum atomic E-state index is -0.165. The molecule has 1 fully saturated rings. The lowest BCUT2D eigenvalue weighted by Crippen LogP contribution is -2.03. The Morgan fingerprint density at radius 2 is 2.40 bits per heavy atom. The van der Waals surface area contributed by atoms with Crippen molar-refractivity contribution in [2.24, 2.45) is 0 Å². The van der Waals surface area contributed by atoms with Crippen LogP contribution in [0.2, 0.25) is 0 Å². The Labute approximate surface area is 93.5 Å². The second-order valence-corrected chi connectivity index (χ2v) is 5.14. The van der Waals surface area contributed by atoms with E-state index in [9.17, 15) is 4.79 Å². The summed E-state index contributed by atoms with van der Waals surface area (Å²) in [5.74, 6) is -0.165. The number of carbonyl (C=O) groups excluding carboxylic acids is 1. The third-order valence-corrected chi connectivity index (χ3v) is 4.08. The monoisotopic (exact) mass is 225 g/mol. The number of aryl methyl sites for hydroxylation is 1. The van der Waals surface area contributed by atoms with Crippen LogP contribution in [0.25, 0.3) is 0 Å². The van der Waals surface area contributed by atoms with Crippen molar-refractivity contribution in [3.05, 3.63) is 16.1 Å². The number of ether oxygens (including phenoxy) is 1. The molecule has 0 aliphatic heterocycles. The highest BCUT2D eigenvalue weighted by Gasteiger charge is 2.41. The number of aromatic nitrogens is 1. The maximum absolute atomic E-state index is 11.0. The normalized spacial score (nSPS) is 17.5. The molecule has 2 rings (SSSR count). The number of carbonyl (C=O) groups is 1. The number of nitrogens with zero attached hydrogens (tertiary/aromatic N) is 1. The van der Waals surface area contributed by atoms with Crippen LogP contribution in [0.1, 0.15) is 36.9 Å². The third-order valence-electron chi connectivity index (χ3n) is 2.88. The lowest BCUT2D eigenvalue weighted by atomic mass is 10.1. The zero-order chi connectivity index (χ0) is 10.9. The Bertz CT molecular complexity index is 368. The lowest BCUT2D eigenvalue weighted by molar-refractivity contribution is -0.140. The van der Waals surface area contributed by atoms with E-state index in [2.05, 4.69) is 22.0 Å². The van der Waals surface area contributed by atoms with Gasteiger partial charge in [0.1, 0.15) is 0 Å². The highest BCUT2D eigenvalue weighted by atomic mass is 32.1. The summed E-state index contributed by atoms with van der Waals surface area (Å²) in [6.07, 6.45) is 3.61. The molecule has 0 spiro atoms. The van der Waals surface area contributed by atoms with Gasteiger partial charge in [0.2, 0.25) is 0 Å². The fourth-order valence-electron chi connectivity index (χ4n) is 1.43. The van der Waals surface area contributed by atoms with E-state index in [1.165, 1.54) is 25.0 Å². The molecule has 3 nitrogen and oxygen atoms in total. The largest absolute Gasteiger partial charge is 0.469 e. The van der Waals surface area contributed by atoms with Crippen LogP contribution in [0.5, 0.6) is 0 Å². The molecule has 0 bridgehead atoms. The quantitative estimate of drug-likeness (QED) is 0.738. The highest BCUT2D eigenvalue weighted by molar-refractivity contribution is 7.09. The van der Waals surface area contributed by atoms with Crippen LogP contribution >= 0.6 is 11.3 Å². The fraction of sp³-hybridized carbons (Fsp3) is 0.636. The molecule has 4 heteroatoms. The first-order valence-corrected chi connectivity index (χ1v) is 6.04. The zero-order valence-electron chi connectivity index (χ0n) is 9.08. The number of hydrogen-bond acceptors (Lipinski definition) is 4. The number of esters is 1. The third kappa shape index (κ3) is 2.37. The number of thiazole rings is 1. The first-order chi connectivity index (χ1) is 7.14. The average Bonchev–Trinajstić information content (AvgIpc) is 2.82. The van der Waals surface area contributed by atoms with E-state index in [1.807, 2.05) is 0 Å². The van der Waals surface area contributed by atoms with E-state index in [4.69, 9.17) is 0 Å². The summed E-state index contributed by atoms with van der Waals surface area (Å²) in [6.45, 7) is 2.25. The van der Waals surface area contributed by atoms with E-state index < -0.39 is 0 Å². The first-order valence-electron chi connectivity index (χ1n) is 5.16. The van der Waals surface area contributed by atoms with E-state index in [0.717, 1.165) is 5.69 Å². The highest BCUT2D eigenvalue weighted by Crippen LogP contribution is 2.48. The zero-order valence-corrected chi connectivity index (χ0v) is 9.89. The van der Waals surface area contributed by atoms with Gasteiger partial charge < -0.3 is 4.74 Å². The van der Waals surface area contributed by atoms with Gasteiger partial charge in [-0.1, -0.05) is 6.92 Å². The van der Waals surface area contributed by atoms with Crippen molar-refractivity contribution in [2.45, 2.75) is 38.0 Å². The van der Waals surface area contributed by atoms with Crippen molar-refractivity contribution < 1.29 is 9.53 Å². The molecule has 1 saturated carbocycles. The van der Waals surface area contributed by atoms with Gasteiger partial charge in [-0.2, -0.15) is 0 Å². The molecule has 0 aromatic carbocycles. The maximum atomic E-state index is 11.0. The molecule has 15 heavy (non-hydrogen) atoms. The minimum absolute atomic E-state index is 0.165. The van der Waals surface area contributed by atoms with E-state index >= 15 is 0 Å². The van der Waals surface area contributed by atoms with Gasteiger partial charge in [-0.3, -0.25) is 4.79 Å². The number of rotatable bonds is 4. The smallest absolute Gasteiger partial charge is 0.305 e. The number of hydrogen-bond donors (Lipinski definition) is 0. The van der Waals surface area contributed by atoms with E-state index in [1.54, 1.807) is 11.3 Å². The summed E-state index contributed by atoms with van der Waals surface area (Å²) in [5.41, 5.74) is 1.36. The molecule has 1 aliphatic rings. The Hall–Kier alpha value is -0.900. The average molecular weight is 225 g/mol. The number of methoxy groups -OCH3 is 1. The first kappa shape index (κ1) is 10.6. The topological polar surface area (TPSA) is 39.2 Å². The fourth-order valence-corrected chi connectivity index (χ4v) is 2.51. The van der Waals surface area contributed by atoms with Gasteiger partial charge in [0, 0.05) is 17.2 Å². The van der Waals surface area contributed by atoms with Crippen molar-refractivity contribution >= 4 is 17.3 Å². The lowest BCUT2D eigenvalue weighted by Gasteiger charge is -2.01.